The standard InChI is InChI=1S/C20H18FN5O3S/c1-13-22-24-19(29-13)12-30-20-25-23-18(26(20)17-6-4-3-5-16(17)21)11-28-15-9-7-14(27-2)8-10-15/h3-10H,11-12H2,1-2H3. The fraction of sp³-hybridized carbons (Fsp3) is 0.200. The molecule has 4 rings (SSSR count). The van der Waals surface area contributed by atoms with Gasteiger partial charge in [-0.1, -0.05) is 23.9 Å². The van der Waals surface area contributed by atoms with Gasteiger partial charge in [-0.15, -0.1) is 20.4 Å². The molecular weight excluding hydrogens is 409 g/mol. The summed E-state index contributed by atoms with van der Waals surface area (Å²) < 4.78 is 32.5. The predicted octanol–water partition coefficient (Wildman–Crippen LogP) is 3.98. The smallest absolute Gasteiger partial charge is 0.226 e. The third-order valence-corrected chi connectivity index (χ3v) is 5.03. The highest BCUT2D eigenvalue weighted by molar-refractivity contribution is 7.98. The summed E-state index contributed by atoms with van der Waals surface area (Å²) in [5.41, 5.74) is 0.333. The van der Waals surface area contributed by atoms with Crippen molar-refractivity contribution in [2.75, 3.05) is 7.11 Å². The summed E-state index contributed by atoms with van der Waals surface area (Å²) in [6.07, 6.45) is 0. The molecule has 0 fully saturated rings. The van der Waals surface area contributed by atoms with Crippen molar-refractivity contribution in [3.05, 3.63) is 72.0 Å². The molecule has 0 saturated carbocycles. The normalized spacial score (nSPS) is 10.9. The number of nitrogens with zero attached hydrogens (tertiary/aromatic N) is 5. The SMILES string of the molecule is COc1ccc(OCc2nnc(SCc3nnc(C)o3)n2-c2ccccc2F)cc1. The van der Waals surface area contributed by atoms with Crippen LogP contribution in [-0.2, 0) is 12.4 Å². The Hall–Kier alpha value is -3.40. The van der Waals surface area contributed by atoms with Crippen LogP contribution in [-0.4, -0.2) is 32.1 Å². The largest absolute Gasteiger partial charge is 0.497 e. The van der Waals surface area contributed by atoms with Crippen LogP contribution in [0.15, 0.2) is 58.1 Å². The molecule has 0 aliphatic heterocycles. The number of ether oxygens (including phenoxy) is 2. The fourth-order valence-electron chi connectivity index (χ4n) is 2.70. The van der Waals surface area contributed by atoms with Gasteiger partial charge in [0.1, 0.15) is 23.9 Å². The van der Waals surface area contributed by atoms with Gasteiger partial charge in [0.05, 0.1) is 18.6 Å². The van der Waals surface area contributed by atoms with Crippen molar-refractivity contribution in [2.24, 2.45) is 0 Å². The van der Waals surface area contributed by atoms with E-state index in [-0.39, 0.29) is 6.61 Å². The Balaban J connectivity index is 1.59. The first kappa shape index (κ1) is 19.9. The topological polar surface area (TPSA) is 88.1 Å². The van der Waals surface area contributed by atoms with E-state index in [9.17, 15) is 4.39 Å². The molecule has 2 heterocycles. The number of rotatable bonds is 8. The van der Waals surface area contributed by atoms with Gasteiger partial charge in [0.15, 0.2) is 11.0 Å². The Labute approximate surface area is 176 Å². The number of thioether (sulfide) groups is 1. The number of aryl methyl sites for hydroxylation is 1. The number of hydrogen-bond acceptors (Lipinski definition) is 8. The lowest BCUT2D eigenvalue weighted by Gasteiger charge is -2.12. The Morgan fingerprint density at radius 3 is 2.47 bits per heavy atom. The van der Waals surface area contributed by atoms with Gasteiger partial charge < -0.3 is 13.9 Å². The highest BCUT2D eigenvalue weighted by Crippen LogP contribution is 2.27. The quantitative estimate of drug-likeness (QED) is 0.390. The summed E-state index contributed by atoms with van der Waals surface area (Å²) in [5.74, 6) is 2.75. The van der Waals surface area contributed by atoms with E-state index in [2.05, 4.69) is 20.4 Å². The van der Waals surface area contributed by atoms with Crippen molar-refractivity contribution in [3.63, 3.8) is 0 Å². The van der Waals surface area contributed by atoms with Crippen LogP contribution >= 0.6 is 11.8 Å². The van der Waals surface area contributed by atoms with Crippen LogP contribution in [0.1, 0.15) is 17.6 Å². The minimum atomic E-state index is -0.390. The van der Waals surface area contributed by atoms with E-state index >= 15 is 0 Å². The molecule has 4 aromatic rings. The minimum absolute atomic E-state index is 0.105. The first-order chi connectivity index (χ1) is 14.6. The zero-order valence-corrected chi connectivity index (χ0v) is 17.1. The summed E-state index contributed by atoms with van der Waals surface area (Å²) in [4.78, 5) is 0. The van der Waals surface area contributed by atoms with E-state index in [0.717, 1.165) is 5.75 Å². The maximum absolute atomic E-state index is 14.5. The van der Waals surface area contributed by atoms with Gasteiger partial charge in [-0.3, -0.25) is 4.57 Å². The van der Waals surface area contributed by atoms with E-state index < -0.39 is 5.82 Å². The molecule has 8 nitrogen and oxygen atoms in total. The second kappa shape index (κ2) is 8.95. The number of hydrogen-bond donors (Lipinski definition) is 0. The molecule has 0 atom stereocenters. The van der Waals surface area contributed by atoms with Crippen LogP contribution < -0.4 is 9.47 Å². The van der Waals surface area contributed by atoms with Crippen molar-refractivity contribution >= 4 is 11.8 Å². The average molecular weight is 427 g/mol. The van der Waals surface area contributed by atoms with Gasteiger partial charge in [-0.05, 0) is 36.4 Å². The van der Waals surface area contributed by atoms with Gasteiger partial charge in [-0.25, -0.2) is 4.39 Å². The molecule has 30 heavy (non-hydrogen) atoms. The lowest BCUT2D eigenvalue weighted by Crippen LogP contribution is -2.08. The summed E-state index contributed by atoms with van der Waals surface area (Å²) in [5, 5.41) is 16.7. The zero-order chi connectivity index (χ0) is 20.9. The average Bonchev–Trinajstić information content (AvgIpc) is 3.37. The van der Waals surface area contributed by atoms with Gasteiger partial charge in [-0.2, -0.15) is 0 Å². The van der Waals surface area contributed by atoms with E-state index in [4.69, 9.17) is 13.9 Å². The maximum Gasteiger partial charge on any atom is 0.226 e. The second-order valence-electron chi connectivity index (χ2n) is 6.15. The number of halogens is 1. The van der Waals surface area contributed by atoms with Gasteiger partial charge >= 0.3 is 0 Å². The second-order valence-corrected chi connectivity index (χ2v) is 7.10. The van der Waals surface area contributed by atoms with Crippen LogP contribution in [0.4, 0.5) is 4.39 Å². The zero-order valence-electron chi connectivity index (χ0n) is 16.3. The number of benzene rings is 2. The monoisotopic (exact) mass is 427 g/mol. The highest BCUT2D eigenvalue weighted by Gasteiger charge is 2.18. The Kier molecular flexibility index (Phi) is 5.94. The summed E-state index contributed by atoms with van der Waals surface area (Å²) in [6, 6.07) is 13.6. The van der Waals surface area contributed by atoms with Gasteiger partial charge in [0, 0.05) is 6.92 Å². The number of para-hydroxylation sites is 1. The molecule has 2 aromatic carbocycles. The summed E-state index contributed by atoms with van der Waals surface area (Å²) in [6.45, 7) is 1.82. The van der Waals surface area contributed by atoms with Gasteiger partial charge in [0.25, 0.3) is 0 Å². The molecule has 0 radical (unpaired) electrons. The lowest BCUT2D eigenvalue weighted by atomic mass is 10.3. The van der Waals surface area contributed by atoms with Crippen molar-refractivity contribution in [1.29, 1.82) is 0 Å². The first-order valence-corrected chi connectivity index (χ1v) is 10.0. The Bertz CT molecular complexity index is 1130. The molecular formula is C20H18FN5O3S. The van der Waals surface area contributed by atoms with Crippen LogP contribution in [0, 0.1) is 12.7 Å². The Morgan fingerprint density at radius 1 is 1.00 bits per heavy atom. The third-order valence-electron chi connectivity index (χ3n) is 4.11. The lowest BCUT2D eigenvalue weighted by molar-refractivity contribution is 0.292. The third kappa shape index (κ3) is 4.43. The molecule has 0 unspecified atom stereocenters. The van der Waals surface area contributed by atoms with E-state index in [1.807, 2.05) is 0 Å². The molecule has 0 bridgehead atoms. The number of methoxy groups -OCH3 is 1. The molecule has 0 aliphatic rings. The molecule has 2 aromatic heterocycles. The summed E-state index contributed by atoms with van der Waals surface area (Å²) >= 11 is 1.32. The van der Waals surface area contributed by atoms with E-state index in [1.54, 1.807) is 61.1 Å². The van der Waals surface area contributed by atoms with Crippen molar-refractivity contribution in [2.45, 2.75) is 24.4 Å². The van der Waals surface area contributed by atoms with Crippen LogP contribution in [0.2, 0.25) is 0 Å². The van der Waals surface area contributed by atoms with Crippen molar-refractivity contribution in [1.82, 2.24) is 25.0 Å². The molecule has 0 N–H and O–H groups in total. The van der Waals surface area contributed by atoms with Crippen LogP contribution in [0.5, 0.6) is 11.5 Å². The first-order valence-electron chi connectivity index (χ1n) is 9.02. The minimum Gasteiger partial charge on any atom is -0.497 e. The molecule has 10 heteroatoms. The fourth-order valence-corrected chi connectivity index (χ4v) is 3.50. The van der Waals surface area contributed by atoms with Crippen molar-refractivity contribution in [3.8, 4) is 17.2 Å². The molecule has 0 amide bonds. The summed E-state index contributed by atoms with van der Waals surface area (Å²) in [7, 11) is 1.60. The molecule has 0 saturated heterocycles. The molecule has 0 spiro atoms. The molecule has 154 valence electrons. The molecule has 0 aliphatic carbocycles. The number of aromatic nitrogens is 5. The predicted molar refractivity (Wildman–Crippen MR) is 107 cm³/mol. The van der Waals surface area contributed by atoms with E-state index in [1.165, 1.54) is 17.8 Å². The van der Waals surface area contributed by atoms with Crippen LogP contribution in [0.3, 0.4) is 0 Å². The Morgan fingerprint density at radius 2 is 1.77 bits per heavy atom. The maximum atomic E-state index is 14.5. The van der Waals surface area contributed by atoms with Crippen molar-refractivity contribution < 1.29 is 18.3 Å². The van der Waals surface area contributed by atoms with E-state index in [0.29, 0.717) is 40.0 Å². The van der Waals surface area contributed by atoms with Gasteiger partial charge in [0.2, 0.25) is 11.8 Å². The highest BCUT2D eigenvalue weighted by atomic mass is 32.2. The van der Waals surface area contributed by atoms with Crippen LogP contribution in [0.25, 0.3) is 5.69 Å².